The average Bonchev–Trinajstić information content (AvgIpc) is 3.26. The van der Waals surface area contributed by atoms with Gasteiger partial charge >= 0.3 is 0 Å². The van der Waals surface area contributed by atoms with Gasteiger partial charge in [0.25, 0.3) is 0 Å². The number of ether oxygens (including phenoxy) is 1. The van der Waals surface area contributed by atoms with Crippen LogP contribution in [0.4, 0.5) is 0 Å². The van der Waals surface area contributed by atoms with E-state index < -0.39 is 0 Å². The minimum Gasteiger partial charge on any atom is -0.497 e. The van der Waals surface area contributed by atoms with E-state index in [2.05, 4.69) is 71.8 Å². The molecule has 1 aliphatic heterocycles. The van der Waals surface area contributed by atoms with Crippen LogP contribution in [0.3, 0.4) is 0 Å². The summed E-state index contributed by atoms with van der Waals surface area (Å²) in [5, 5.41) is 0. The molecule has 2 aromatic heterocycles. The number of rotatable bonds is 7. The van der Waals surface area contributed by atoms with Crippen molar-refractivity contribution in [2.24, 2.45) is 5.92 Å². The summed E-state index contributed by atoms with van der Waals surface area (Å²) in [7, 11) is 1.69. The quantitative estimate of drug-likeness (QED) is 0.356. The predicted octanol–water partition coefficient (Wildman–Crippen LogP) is 5.37. The van der Waals surface area contributed by atoms with Crippen LogP contribution in [0.25, 0.3) is 28.0 Å². The Morgan fingerprint density at radius 2 is 1.67 bits per heavy atom. The first-order chi connectivity index (χ1) is 17.5. The van der Waals surface area contributed by atoms with Crippen LogP contribution in [0.2, 0.25) is 0 Å². The van der Waals surface area contributed by atoms with Gasteiger partial charge in [-0.15, -0.1) is 0 Å². The van der Waals surface area contributed by atoms with Gasteiger partial charge in [-0.2, -0.15) is 0 Å². The van der Waals surface area contributed by atoms with E-state index in [0.717, 1.165) is 66.6 Å². The van der Waals surface area contributed by atoms with Crippen LogP contribution >= 0.6 is 0 Å². The number of hydrogen-bond donors (Lipinski definition) is 0. The lowest BCUT2D eigenvalue weighted by Crippen LogP contribution is -2.48. The molecule has 0 saturated carbocycles. The van der Waals surface area contributed by atoms with E-state index in [-0.39, 0.29) is 5.91 Å². The molecule has 1 amide bonds. The topological polar surface area (TPSA) is 50.1 Å². The number of fused-ring (bicyclic) bond motifs is 1. The monoisotopic (exact) mass is 482 g/mol. The van der Waals surface area contributed by atoms with Crippen molar-refractivity contribution >= 4 is 11.6 Å². The van der Waals surface area contributed by atoms with Gasteiger partial charge in [-0.25, -0.2) is 4.98 Å². The molecule has 1 aliphatic rings. The van der Waals surface area contributed by atoms with E-state index in [1.807, 2.05) is 29.2 Å². The van der Waals surface area contributed by atoms with Gasteiger partial charge in [0, 0.05) is 50.9 Å². The maximum absolute atomic E-state index is 12.6. The molecular formula is C30H34N4O2. The van der Waals surface area contributed by atoms with Crippen molar-refractivity contribution in [1.29, 1.82) is 0 Å². The van der Waals surface area contributed by atoms with E-state index in [4.69, 9.17) is 9.72 Å². The average molecular weight is 483 g/mol. The number of carbonyl (C=O) groups is 1. The molecule has 0 N–H and O–H groups in total. The van der Waals surface area contributed by atoms with Crippen molar-refractivity contribution in [2.75, 3.05) is 33.3 Å². The van der Waals surface area contributed by atoms with Crippen molar-refractivity contribution < 1.29 is 9.53 Å². The van der Waals surface area contributed by atoms with Gasteiger partial charge in [-0.1, -0.05) is 56.3 Å². The van der Waals surface area contributed by atoms with E-state index >= 15 is 0 Å². The molecule has 2 aromatic carbocycles. The number of hydrogen-bond acceptors (Lipinski definition) is 4. The molecule has 0 aliphatic carbocycles. The maximum atomic E-state index is 12.6. The van der Waals surface area contributed by atoms with Crippen molar-refractivity contribution in [3.8, 4) is 28.1 Å². The van der Waals surface area contributed by atoms with Crippen LogP contribution in [-0.4, -0.2) is 58.4 Å². The molecule has 36 heavy (non-hydrogen) atoms. The summed E-state index contributed by atoms with van der Waals surface area (Å²) in [6.07, 6.45) is 2.81. The Morgan fingerprint density at radius 3 is 2.39 bits per heavy atom. The largest absolute Gasteiger partial charge is 0.497 e. The predicted molar refractivity (Wildman–Crippen MR) is 144 cm³/mol. The van der Waals surface area contributed by atoms with E-state index in [0.29, 0.717) is 12.3 Å². The molecule has 1 fully saturated rings. The Kier molecular flexibility index (Phi) is 7.05. The number of nitrogens with zero attached hydrogens (tertiary/aromatic N) is 4. The number of benzene rings is 2. The number of methoxy groups -OCH3 is 1. The Labute approximate surface area is 213 Å². The summed E-state index contributed by atoms with van der Waals surface area (Å²) in [5.41, 5.74) is 6.42. The Bertz CT molecular complexity index is 1340. The lowest BCUT2D eigenvalue weighted by Gasteiger charge is -2.35. The molecule has 3 heterocycles. The first kappa shape index (κ1) is 24.1. The van der Waals surface area contributed by atoms with Gasteiger partial charge in [0.2, 0.25) is 5.91 Å². The fraction of sp³-hybridized carbons (Fsp3) is 0.333. The zero-order valence-corrected chi connectivity index (χ0v) is 21.4. The Hall–Kier alpha value is -3.64. The lowest BCUT2D eigenvalue weighted by molar-refractivity contribution is -0.133. The second kappa shape index (κ2) is 10.5. The number of amides is 1. The van der Waals surface area contributed by atoms with Gasteiger partial charge in [0.1, 0.15) is 11.4 Å². The molecule has 186 valence electrons. The molecule has 5 rings (SSSR count). The molecule has 0 unspecified atom stereocenters. The molecule has 0 spiro atoms. The highest BCUT2D eigenvalue weighted by Crippen LogP contribution is 2.30. The first-order valence-electron chi connectivity index (χ1n) is 12.7. The van der Waals surface area contributed by atoms with Gasteiger partial charge in [-0.3, -0.25) is 9.69 Å². The van der Waals surface area contributed by atoms with Gasteiger partial charge in [-0.05, 0) is 41.3 Å². The van der Waals surface area contributed by atoms with Crippen LogP contribution in [0, 0.1) is 5.92 Å². The summed E-state index contributed by atoms with van der Waals surface area (Å²) >= 11 is 0. The van der Waals surface area contributed by atoms with Crippen molar-refractivity contribution in [3.63, 3.8) is 0 Å². The number of aromatic nitrogens is 2. The third-order valence-corrected chi connectivity index (χ3v) is 6.85. The van der Waals surface area contributed by atoms with Crippen LogP contribution in [0.5, 0.6) is 5.75 Å². The van der Waals surface area contributed by atoms with Crippen LogP contribution < -0.4 is 4.74 Å². The van der Waals surface area contributed by atoms with Gasteiger partial charge in [0.15, 0.2) is 0 Å². The summed E-state index contributed by atoms with van der Waals surface area (Å²) in [6.45, 7) is 8.21. The molecule has 6 heteroatoms. The van der Waals surface area contributed by atoms with Gasteiger partial charge in [0.05, 0.1) is 18.5 Å². The van der Waals surface area contributed by atoms with Gasteiger partial charge < -0.3 is 14.0 Å². The number of carbonyl (C=O) groups excluding carboxylic acids is 1. The van der Waals surface area contributed by atoms with E-state index in [1.165, 1.54) is 5.56 Å². The summed E-state index contributed by atoms with van der Waals surface area (Å²) in [4.78, 5) is 22.1. The molecule has 4 aromatic rings. The highest BCUT2D eigenvalue weighted by molar-refractivity contribution is 5.76. The number of pyridine rings is 1. The Balaban J connectivity index is 1.48. The molecule has 0 bridgehead atoms. The lowest BCUT2D eigenvalue weighted by atomic mass is 10.1. The van der Waals surface area contributed by atoms with Crippen LogP contribution in [0.15, 0.2) is 72.9 Å². The normalized spacial score (nSPS) is 14.5. The van der Waals surface area contributed by atoms with Crippen LogP contribution in [0.1, 0.15) is 26.0 Å². The zero-order valence-electron chi connectivity index (χ0n) is 21.4. The highest BCUT2D eigenvalue weighted by Gasteiger charge is 2.24. The minimum absolute atomic E-state index is 0.268. The van der Waals surface area contributed by atoms with Crippen LogP contribution in [-0.2, 0) is 11.3 Å². The smallest absolute Gasteiger partial charge is 0.222 e. The van der Waals surface area contributed by atoms with Crippen molar-refractivity contribution in [3.05, 3.63) is 78.6 Å². The second-order valence-corrected chi connectivity index (χ2v) is 9.91. The Morgan fingerprint density at radius 1 is 0.917 bits per heavy atom. The molecule has 1 saturated heterocycles. The molecule has 6 nitrogen and oxygen atoms in total. The zero-order chi connectivity index (χ0) is 25.1. The standard InChI is InChI=1S/C30H34N4O2/c1-22(2)18-29(35)33-16-14-32(15-17-33)21-27-30(24-10-7-11-26(19-24)36-3)31-28-13-12-25(20-34(27)28)23-8-5-4-6-9-23/h4-13,19-20,22H,14-18,21H2,1-3H3. The fourth-order valence-electron chi connectivity index (χ4n) is 4.89. The van der Waals surface area contributed by atoms with Crippen molar-refractivity contribution in [1.82, 2.24) is 19.2 Å². The first-order valence-corrected chi connectivity index (χ1v) is 12.7. The molecule has 0 radical (unpaired) electrons. The third kappa shape index (κ3) is 5.14. The van der Waals surface area contributed by atoms with E-state index in [1.54, 1.807) is 7.11 Å². The number of piperazine rings is 1. The summed E-state index contributed by atoms with van der Waals surface area (Å²) < 4.78 is 7.73. The summed E-state index contributed by atoms with van der Waals surface area (Å²) in [5.74, 6) is 1.47. The second-order valence-electron chi connectivity index (χ2n) is 9.91. The minimum atomic E-state index is 0.268. The molecular weight excluding hydrogens is 448 g/mol. The molecule has 0 atom stereocenters. The van der Waals surface area contributed by atoms with Crippen molar-refractivity contribution in [2.45, 2.75) is 26.8 Å². The summed E-state index contributed by atoms with van der Waals surface area (Å²) in [6, 6.07) is 22.8. The number of imidazole rings is 1. The SMILES string of the molecule is COc1cccc(-c2nc3ccc(-c4ccccc4)cn3c2CN2CCN(C(=O)CC(C)C)CC2)c1. The highest BCUT2D eigenvalue weighted by atomic mass is 16.5. The third-order valence-electron chi connectivity index (χ3n) is 6.85. The van der Waals surface area contributed by atoms with E-state index in [9.17, 15) is 4.79 Å². The fourth-order valence-corrected chi connectivity index (χ4v) is 4.89. The maximum Gasteiger partial charge on any atom is 0.222 e.